The Morgan fingerprint density at radius 2 is 1.71 bits per heavy atom. The van der Waals surface area contributed by atoms with Gasteiger partial charge < -0.3 is 10.6 Å². The fourth-order valence-corrected chi connectivity index (χ4v) is 3.35. The molecule has 1 heterocycles. The molecule has 1 fully saturated rings. The number of benzene rings is 1. The van der Waals surface area contributed by atoms with Gasteiger partial charge in [0.25, 0.3) is 5.91 Å². The van der Waals surface area contributed by atoms with Gasteiger partial charge in [0.1, 0.15) is 11.5 Å². The number of hydrogen-bond acceptors (Lipinski definition) is 4. The molecule has 126 valence electrons. The highest BCUT2D eigenvalue weighted by Crippen LogP contribution is 2.23. The van der Waals surface area contributed by atoms with Gasteiger partial charge in [-0.25, -0.2) is 9.97 Å². The van der Waals surface area contributed by atoms with Gasteiger partial charge in [0.2, 0.25) is 0 Å². The Balaban J connectivity index is 1.69. The minimum atomic E-state index is -0.232. The van der Waals surface area contributed by atoms with E-state index in [1.807, 2.05) is 20.8 Å². The standard InChI is InChI=1S/C19H24N4O/c1-12-8-13(2)18(14(3)9-12)23-19(24)16-10-21-17(11-20-16)22-15-6-4-5-7-15/h8-11,15H,4-7H2,1-3H3,(H,21,22)(H,23,24). The van der Waals surface area contributed by atoms with Crippen LogP contribution < -0.4 is 10.6 Å². The second-order valence-corrected chi connectivity index (χ2v) is 6.64. The Labute approximate surface area is 142 Å². The lowest BCUT2D eigenvalue weighted by Gasteiger charge is -2.14. The summed E-state index contributed by atoms with van der Waals surface area (Å²) < 4.78 is 0. The molecule has 0 saturated heterocycles. The van der Waals surface area contributed by atoms with Gasteiger partial charge in [-0.1, -0.05) is 30.5 Å². The Bertz CT molecular complexity index is 711. The Morgan fingerprint density at radius 3 is 2.29 bits per heavy atom. The van der Waals surface area contributed by atoms with Crippen LogP contribution in [-0.2, 0) is 0 Å². The number of carbonyl (C=O) groups excluding carboxylic acids is 1. The van der Waals surface area contributed by atoms with Crippen molar-refractivity contribution < 1.29 is 4.79 Å². The summed E-state index contributed by atoms with van der Waals surface area (Å²) in [5, 5.41) is 6.33. The van der Waals surface area contributed by atoms with E-state index in [0.717, 1.165) is 22.6 Å². The zero-order valence-electron chi connectivity index (χ0n) is 14.5. The van der Waals surface area contributed by atoms with Crippen LogP contribution in [0.2, 0.25) is 0 Å². The van der Waals surface area contributed by atoms with Crippen molar-refractivity contribution in [1.29, 1.82) is 0 Å². The van der Waals surface area contributed by atoms with E-state index in [2.05, 4.69) is 32.7 Å². The fourth-order valence-electron chi connectivity index (χ4n) is 3.35. The maximum absolute atomic E-state index is 12.4. The molecule has 0 unspecified atom stereocenters. The molecule has 5 heteroatoms. The van der Waals surface area contributed by atoms with Crippen LogP contribution in [0, 0.1) is 20.8 Å². The summed E-state index contributed by atoms with van der Waals surface area (Å²) in [5.41, 5.74) is 4.46. The van der Waals surface area contributed by atoms with Crippen molar-refractivity contribution in [2.75, 3.05) is 10.6 Å². The summed E-state index contributed by atoms with van der Waals surface area (Å²) in [6.07, 6.45) is 8.06. The number of nitrogens with zero attached hydrogens (tertiary/aromatic N) is 2. The maximum Gasteiger partial charge on any atom is 0.275 e. The van der Waals surface area contributed by atoms with E-state index in [1.54, 1.807) is 6.20 Å². The highest BCUT2D eigenvalue weighted by atomic mass is 16.1. The van der Waals surface area contributed by atoms with Crippen molar-refractivity contribution in [1.82, 2.24) is 9.97 Å². The fraction of sp³-hybridized carbons (Fsp3) is 0.421. The van der Waals surface area contributed by atoms with E-state index in [0.29, 0.717) is 11.7 Å². The lowest BCUT2D eigenvalue weighted by Crippen LogP contribution is -2.18. The van der Waals surface area contributed by atoms with Gasteiger partial charge in [-0.15, -0.1) is 0 Å². The van der Waals surface area contributed by atoms with Crippen LogP contribution in [0.5, 0.6) is 0 Å². The van der Waals surface area contributed by atoms with Crippen LogP contribution in [0.25, 0.3) is 0 Å². The first-order chi connectivity index (χ1) is 11.5. The lowest BCUT2D eigenvalue weighted by atomic mass is 10.1. The summed E-state index contributed by atoms with van der Waals surface area (Å²) >= 11 is 0. The molecule has 1 aliphatic carbocycles. The predicted molar refractivity (Wildman–Crippen MR) is 96.5 cm³/mol. The number of aromatic nitrogens is 2. The average Bonchev–Trinajstić information content (AvgIpc) is 3.04. The molecule has 0 radical (unpaired) electrons. The van der Waals surface area contributed by atoms with Crippen molar-refractivity contribution in [2.45, 2.75) is 52.5 Å². The van der Waals surface area contributed by atoms with Crippen molar-refractivity contribution in [2.24, 2.45) is 0 Å². The van der Waals surface area contributed by atoms with Crippen LogP contribution in [-0.4, -0.2) is 21.9 Å². The Kier molecular flexibility index (Phi) is 4.79. The largest absolute Gasteiger partial charge is 0.366 e. The van der Waals surface area contributed by atoms with Crippen molar-refractivity contribution in [3.05, 3.63) is 46.9 Å². The van der Waals surface area contributed by atoms with Crippen LogP contribution in [0.1, 0.15) is 52.9 Å². The summed E-state index contributed by atoms with van der Waals surface area (Å²) in [4.78, 5) is 21.0. The first kappa shape index (κ1) is 16.4. The molecule has 1 aromatic heterocycles. The summed E-state index contributed by atoms with van der Waals surface area (Å²) in [6, 6.07) is 4.60. The van der Waals surface area contributed by atoms with Crippen LogP contribution in [0.4, 0.5) is 11.5 Å². The third-order valence-electron chi connectivity index (χ3n) is 4.51. The number of nitrogens with one attached hydrogen (secondary N) is 2. The van der Waals surface area contributed by atoms with Gasteiger partial charge in [-0.3, -0.25) is 4.79 Å². The van der Waals surface area contributed by atoms with Crippen molar-refractivity contribution in [3.63, 3.8) is 0 Å². The minimum Gasteiger partial charge on any atom is -0.366 e. The average molecular weight is 324 g/mol. The van der Waals surface area contributed by atoms with Crippen LogP contribution in [0.15, 0.2) is 24.5 Å². The molecule has 0 spiro atoms. The van der Waals surface area contributed by atoms with E-state index in [4.69, 9.17) is 0 Å². The number of amides is 1. The minimum absolute atomic E-state index is 0.232. The smallest absolute Gasteiger partial charge is 0.275 e. The highest BCUT2D eigenvalue weighted by Gasteiger charge is 2.16. The summed E-state index contributed by atoms with van der Waals surface area (Å²) in [5.74, 6) is 0.506. The molecule has 2 N–H and O–H groups in total. The monoisotopic (exact) mass is 324 g/mol. The molecule has 1 aliphatic rings. The maximum atomic E-state index is 12.4. The molecular formula is C19H24N4O. The number of hydrogen-bond donors (Lipinski definition) is 2. The third-order valence-corrected chi connectivity index (χ3v) is 4.51. The molecule has 0 aliphatic heterocycles. The first-order valence-electron chi connectivity index (χ1n) is 8.50. The van der Waals surface area contributed by atoms with E-state index >= 15 is 0 Å². The van der Waals surface area contributed by atoms with Gasteiger partial charge in [-0.2, -0.15) is 0 Å². The zero-order valence-corrected chi connectivity index (χ0v) is 14.5. The van der Waals surface area contributed by atoms with E-state index in [9.17, 15) is 4.79 Å². The molecule has 2 aromatic rings. The molecule has 1 aromatic carbocycles. The van der Waals surface area contributed by atoms with E-state index in [1.165, 1.54) is 37.4 Å². The Morgan fingerprint density at radius 1 is 1.04 bits per heavy atom. The van der Waals surface area contributed by atoms with Crippen LogP contribution >= 0.6 is 0 Å². The first-order valence-corrected chi connectivity index (χ1v) is 8.50. The van der Waals surface area contributed by atoms with Gasteiger partial charge in [-0.05, 0) is 44.7 Å². The van der Waals surface area contributed by atoms with Gasteiger partial charge in [0.15, 0.2) is 0 Å². The molecular weight excluding hydrogens is 300 g/mol. The van der Waals surface area contributed by atoms with Crippen molar-refractivity contribution in [3.8, 4) is 0 Å². The summed E-state index contributed by atoms with van der Waals surface area (Å²) in [6.45, 7) is 6.04. The third kappa shape index (κ3) is 3.72. The molecule has 0 atom stereocenters. The number of aryl methyl sites for hydroxylation is 3. The predicted octanol–water partition coefficient (Wildman–Crippen LogP) is 4.01. The molecule has 1 amide bonds. The molecule has 5 nitrogen and oxygen atoms in total. The van der Waals surface area contributed by atoms with Gasteiger partial charge >= 0.3 is 0 Å². The normalized spacial score (nSPS) is 14.6. The molecule has 24 heavy (non-hydrogen) atoms. The molecule has 3 rings (SSSR count). The highest BCUT2D eigenvalue weighted by molar-refractivity contribution is 6.03. The second-order valence-electron chi connectivity index (χ2n) is 6.64. The Hall–Kier alpha value is -2.43. The molecule has 0 bridgehead atoms. The topological polar surface area (TPSA) is 66.9 Å². The second kappa shape index (κ2) is 6.99. The van der Waals surface area contributed by atoms with Crippen LogP contribution in [0.3, 0.4) is 0 Å². The van der Waals surface area contributed by atoms with E-state index < -0.39 is 0 Å². The summed E-state index contributed by atoms with van der Waals surface area (Å²) in [7, 11) is 0. The zero-order chi connectivity index (χ0) is 17.1. The molecule has 1 saturated carbocycles. The van der Waals surface area contributed by atoms with Crippen molar-refractivity contribution >= 4 is 17.4 Å². The quantitative estimate of drug-likeness (QED) is 0.892. The number of anilines is 2. The van der Waals surface area contributed by atoms with Gasteiger partial charge in [0, 0.05) is 11.7 Å². The lowest BCUT2D eigenvalue weighted by molar-refractivity contribution is 0.102. The number of rotatable bonds is 4. The number of carbonyl (C=O) groups is 1. The van der Waals surface area contributed by atoms with E-state index in [-0.39, 0.29) is 5.91 Å². The van der Waals surface area contributed by atoms with Gasteiger partial charge in [0.05, 0.1) is 12.4 Å². The SMILES string of the molecule is Cc1cc(C)c(NC(=O)c2cnc(NC3CCCC3)cn2)c(C)c1.